The number of ether oxygens (including phenoxy) is 2. The van der Waals surface area contributed by atoms with E-state index in [0.717, 1.165) is 12.8 Å². The highest BCUT2D eigenvalue weighted by molar-refractivity contribution is 5.94. The number of amides is 2. The van der Waals surface area contributed by atoms with Gasteiger partial charge in [0.25, 0.3) is 5.91 Å². The van der Waals surface area contributed by atoms with Crippen molar-refractivity contribution >= 4 is 12.0 Å². The molecule has 2 heterocycles. The van der Waals surface area contributed by atoms with Crippen molar-refractivity contribution < 1.29 is 24.2 Å². The minimum Gasteiger partial charge on any atom is -0.409 e. The van der Waals surface area contributed by atoms with Gasteiger partial charge in [0.15, 0.2) is 5.75 Å². The van der Waals surface area contributed by atoms with Crippen molar-refractivity contribution in [1.82, 2.24) is 10.3 Å². The van der Waals surface area contributed by atoms with Crippen molar-refractivity contribution in [2.45, 2.75) is 45.1 Å². The van der Waals surface area contributed by atoms with E-state index in [1.165, 1.54) is 0 Å². The summed E-state index contributed by atoms with van der Waals surface area (Å²) < 4.78 is 10.4. The third kappa shape index (κ3) is 5.40. The van der Waals surface area contributed by atoms with E-state index in [1.54, 1.807) is 26.8 Å². The number of aliphatic hydroxyl groups is 1. The lowest BCUT2D eigenvalue weighted by Gasteiger charge is -2.24. The number of aromatic nitrogens is 1. The standard InChI is InChI=1S/C17H25N3O5/c1-10-8-12(25-16(18)22)14(11-4-6-24-7-5-11)20-13(10)15(21)19-9-17(2,3)23/h8,11,23H,4-7,9H2,1-3H3,(H2,18,22)(H,19,21). The molecule has 8 nitrogen and oxygen atoms in total. The quantitative estimate of drug-likeness (QED) is 0.733. The Labute approximate surface area is 146 Å². The molecule has 4 N–H and O–H groups in total. The molecule has 1 aromatic rings. The molecule has 0 bridgehead atoms. The molecule has 25 heavy (non-hydrogen) atoms. The van der Waals surface area contributed by atoms with Crippen LogP contribution in [-0.4, -0.2) is 47.5 Å². The van der Waals surface area contributed by atoms with Crippen LogP contribution in [-0.2, 0) is 4.74 Å². The van der Waals surface area contributed by atoms with Crippen molar-refractivity contribution in [3.63, 3.8) is 0 Å². The zero-order valence-electron chi connectivity index (χ0n) is 14.8. The summed E-state index contributed by atoms with van der Waals surface area (Å²) in [5.41, 5.74) is 5.44. The van der Waals surface area contributed by atoms with Crippen LogP contribution in [0.3, 0.4) is 0 Å². The second-order valence-corrected chi connectivity index (χ2v) is 6.84. The van der Waals surface area contributed by atoms with Gasteiger partial charge in [0.2, 0.25) is 0 Å². The molecular weight excluding hydrogens is 326 g/mol. The van der Waals surface area contributed by atoms with E-state index >= 15 is 0 Å². The molecule has 8 heteroatoms. The molecule has 0 aromatic carbocycles. The van der Waals surface area contributed by atoms with E-state index in [9.17, 15) is 14.7 Å². The lowest BCUT2D eigenvalue weighted by atomic mass is 9.94. The van der Waals surface area contributed by atoms with Crippen molar-refractivity contribution in [3.8, 4) is 5.75 Å². The number of nitrogens with zero attached hydrogens (tertiary/aromatic N) is 1. The van der Waals surface area contributed by atoms with Gasteiger partial charge >= 0.3 is 6.09 Å². The number of carbonyl (C=O) groups excluding carboxylic acids is 2. The van der Waals surface area contributed by atoms with Crippen LogP contribution in [0.5, 0.6) is 5.75 Å². The predicted molar refractivity (Wildman–Crippen MR) is 90.6 cm³/mol. The Morgan fingerprint density at radius 3 is 2.64 bits per heavy atom. The Bertz CT molecular complexity index is 648. The summed E-state index contributed by atoms with van der Waals surface area (Å²) >= 11 is 0. The highest BCUT2D eigenvalue weighted by atomic mass is 16.5. The fourth-order valence-corrected chi connectivity index (χ4v) is 2.67. The number of hydrogen-bond donors (Lipinski definition) is 3. The summed E-state index contributed by atoms with van der Waals surface area (Å²) in [5, 5.41) is 12.4. The van der Waals surface area contributed by atoms with Crippen LogP contribution >= 0.6 is 0 Å². The van der Waals surface area contributed by atoms with Gasteiger partial charge in [-0.05, 0) is 45.2 Å². The van der Waals surface area contributed by atoms with Gasteiger partial charge < -0.3 is 25.6 Å². The summed E-state index contributed by atoms with van der Waals surface area (Å²) in [6, 6.07) is 1.60. The minimum atomic E-state index is -1.03. The summed E-state index contributed by atoms with van der Waals surface area (Å²) in [7, 11) is 0. The Morgan fingerprint density at radius 2 is 2.08 bits per heavy atom. The molecule has 0 saturated carbocycles. The fraction of sp³-hybridized carbons (Fsp3) is 0.588. The molecule has 0 unspecified atom stereocenters. The Balaban J connectivity index is 2.33. The van der Waals surface area contributed by atoms with E-state index in [-0.39, 0.29) is 23.9 Å². The molecular formula is C17H25N3O5. The van der Waals surface area contributed by atoms with E-state index in [1.807, 2.05) is 0 Å². The SMILES string of the molecule is Cc1cc(OC(N)=O)c(C2CCOCC2)nc1C(=O)NCC(C)(C)O. The van der Waals surface area contributed by atoms with E-state index < -0.39 is 17.6 Å². The lowest BCUT2D eigenvalue weighted by molar-refractivity contribution is 0.0690. The molecule has 138 valence electrons. The van der Waals surface area contributed by atoms with Crippen LogP contribution in [0.15, 0.2) is 6.07 Å². The van der Waals surface area contributed by atoms with Crippen molar-refractivity contribution in [2.75, 3.05) is 19.8 Å². The monoisotopic (exact) mass is 351 g/mol. The van der Waals surface area contributed by atoms with Gasteiger partial charge in [0, 0.05) is 25.7 Å². The first kappa shape index (κ1) is 19.1. The summed E-state index contributed by atoms with van der Waals surface area (Å²) in [6.07, 6.45) is 0.514. The number of aryl methyl sites for hydroxylation is 1. The van der Waals surface area contributed by atoms with E-state index in [2.05, 4.69) is 10.3 Å². The minimum absolute atomic E-state index is 0.0181. The largest absolute Gasteiger partial charge is 0.410 e. The van der Waals surface area contributed by atoms with Crippen LogP contribution in [0.1, 0.15) is 54.4 Å². The lowest BCUT2D eigenvalue weighted by Crippen LogP contribution is -2.38. The normalized spacial score (nSPS) is 15.7. The zero-order chi connectivity index (χ0) is 18.6. The van der Waals surface area contributed by atoms with Crippen molar-refractivity contribution in [3.05, 3.63) is 23.0 Å². The number of pyridine rings is 1. The topological polar surface area (TPSA) is 124 Å². The van der Waals surface area contributed by atoms with Crippen LogP contribution in [0.2, 0.25) is 0 Å². The molecule has 2 rings (SSSR count). The third-order valence-electron chi connectivity index (χ3n) is 3.92. The zero-order valence-corrected chi connectivity index (χ0v) is 14.8. The molecule has 0 atom stereocenters. The second-order valence-electron chi connectivity index (χ2n) is 6.84. The van der Waals surface area contributed by atoms with Gasteiger partial charge in [-0.2, -0.15) is 0 Å². The maximum atomic E-state index is 12.4. The van der Waals surface area contributed by atoms with Crippen molar-refractivity contribution in [1.29, 1.82) is 0 Å². The molecule has 1 fully saturated rings. The molecule has 1 aromatic heterocycles. The number of nitrogens with one attached hydrogen (secondary N) is 1. The van der Waals surface area contributed by atoms with Crippen molar-refractivity contribution in [2.24, 2.45) is 5.73 Å². The summed E-state index contributed by atoms with van der Waals surface area (Å²) in [4.78, 5) is 28.1. The molecule has 0 radical (unpaired) electrons. The van der Waals surface area contributed by atoms with Gasteiger partial charge in [0.1, 0.15) is 5.69 Å². The summed E-state index contributed by atoms with van der Waals surface area (Å²) in [6.45, 7) is 6.16. The Hall–Kier alpha value is -2.19. The van der Waals surface area contributed by atoms with Crippen LogP contribution in [0.25, 0.3) is 0 Å². The number of carbonyl (C=O) groups is 2. The number of nitrogens with two attached hydrogens (primary N) is 1. The smallest absolute Gasteiger partial charge is 0.409 e. The Morgan fingerprint density at radius 1 is 1.44 bits per heavy atom. The average molecular weight is 351 g/mol. The van der Waals surface area contributed by atoms with Crippen LogP contribution in [0.4, 0.5) is 4.79 Å². The molecule has 0 aliphatic carbocycles. The van der Waals surface area contributed by atoms with Gasteiger partial charge in [-0.15, -0.1) is 0 Å². The predicted octanol–water partition coefficient (Wildman–Crippen LogP) is 1.24. The Kier molecular flexibility index (Phi) is 5.97. The van der Waals surface area contributed by atoms with Gasteiger partial charge in [-0.25, -0.2) is 9.78 Å². The molecule has 1 saturated heterocycles. The number of rotatable bonds is 5. The van der Waals surface area contributed by atoms with Crippen LogP contribution in [0, 0.1) is 6.92 Å². The maximum absolute atomic E-state index is 12.4. The highest BCUT2D eigenvalue weighted by Gasteiger charge is 2.26. The first-order valence-electron chi connectivity index (χ1n) is 8.24. The molecule has 0 spiro atoms. The number of hydrogen-bond acceptors (Lipinski definition) is 6. The first-order chi connectivity index (χ1) is 11.7. The highest BCUT2D eigenvalue weighted by Crippen LogP contribution is 2.33. The second kappa shape index (κ2) is 7.79. The number of primary amides is 1. The van der Waals surface area contributed by atoms with E-state index in [0.29, 0.717) is 24.5 Å². The first-order valence-corrected chi connectivity index (χ1v) is 8.24. The van der Waals surface area contributed by atoms with Crippen LogP contribution < -0.4 is 15.8 Å². The summed E-state index contributed by atoms with van der Waals surface area (Å²) in [5.74, 6) is -0.0981. The average Bonchev–Trinajstić information content (AvgIpc) is 2.52. The maximum Gasteiger partial charge on any atom is 0.410 e. The molecule has 2 amide bonds. The molecule has 1 aliphatic rings. The molecule has 1 aliphatic heterocycles. The van der Waals surface area contributed by atoms with Gasteiger partial charge in [-0.3, -0.25) is 4.79 Å². The fourth-order valence-electron chi connectivity index (χ4n) is 2.67. The van der Waals surface area contributed by atoms with Gasteiger partial charge in [-0.1, -0.05) is 0 Å². The van der Waals surface area contributed by atoms with Gasteiger partial charge in [0.05, 0.1) is 11.3 Å². The third-order valence-corrected chi connectivity index (χ3v) is 3.92. The van der Waals surface area contributed by atoms with E-state index in [4.69, 9.17) is 15.2 Å².